The summed E-state index contributed by atoms with van der Waals surface area (Å²) in [5, 5.41) is 9.91. The molecule has 1 N–H and O–H groups in total. The van der Waals surface area contributed by atoms with Crippen molar-refractivity contribution in [2.24, 2.45) is 0 Å². The van der Waals surface area contributed by atoms with E-state index in [4.69, 9.17) is 9.47 Å². The largest absolute Gasteiger partial charge is 0.504 e. The first-order valence-corrected chi connectivity index (χ1v) is 6.02. The molecule has 1 aliphatic heterocycles. The van der Waals surface area contributed by atoms with Crippen molar-refractivity contribution in [3.63, 3.8) is 0 Å². The molecule has 1 aliphatic rings. The van der Waals surface area contributed by atoms with Gasteiger partial charge in [-0.2, -0.15) is 0 Å². The zero-order valence-electron chi connectivity index (χ0n) is 10.7. The van der Waals surface area contributed by atoms with Crippen molar-refractivity contribution in [1.82, 2.24) is 0 Å². The van der Waals surface area contributed by atoms with Crippen LogP contribution in [0, 0.1) is 0 Å². The van der Waals surface area contributed by atoms with Crippen LogP contribution in [0.3, 0.4) is 0 Å². The van der Waals surface area contributed by atoms with Gasteiger partial charge >= 0.3 is 5.97 Å². The van der Waals surface area contributed by atoms with Crippen molar-refractivity contribution < 1.29 is 24.1 Å². The Balaban J connectivity index is 1.94. The number of carbonyl (C=O) groups excluding carboxylic acids is 1. The zero-order chi connectivity index (χ0) is 14.1. The third kappa shape index (κ3) is 2.03. The van der Waals surface area contributed by atoms with E-state index in [-0.39, 0.29) is 17.1 Å². The van der Waals surface area contributed by atoms with E-state index in [1.807, 2.05) is 30.3 Å². The van der Waals surface area contributed by atoms with Gasteiger partial charge in [0, 0.05) is 5.56 Å². The number of hydrogen-bond acceptors (Lipinski definition) is 5. The first-order chi connectivity index (χ1) is 9.69. The molecule has 2 aromatic rings. The normalized spacial score (nSPS) is 15.9. The molecule has 102 valence electrons. The number of phenolic OH excluding ortho intramolecular Hbond substituents is 1. The lowest BCUT2D eigenvalue weighted by molar-refractivity contribution is 0.0472. The summed E-state index contributed by atoms with van der Waals surface area (Å²) in [6.07, 6.45) is -0.634. The lowest BCUT2D eigenvalue weighted by Crippen LogP contribution is -2.07. The fourth-order valence-electron chi connectivity index (χ4n) is 2.02. The minimum absolute atomic E-state index is 0.152. The number of esters is 1. The minimum Gasteiger partial charge on any atom is -0.504 e. The van der Waals surface area contributed by atoms with Crippen LogP contribution < -0.4 is 9.47 Å². The molecule has 2 aromatic carbocycles. The van der Waals surface area contributed by atoms with E-state index in [9.17, 15) is 9.90 Å². The van der Waals surface area contributed by atoms with Crippen LogP contribution in [0.5, 0.6) is 17.2 Å². The van der Waals surface area contributed by atoms with Crippen LogP contribution in [0.2, 0.25) is 0 Å². The maximum absolute atomic E-state index is 11.5. The van der Waals surface area contributed by atoms with E-state index in [1.165, 1.54) is 19.2 Å². The predicted molar refractivity (Wildman–Crippen MR) is 69.9 cm³/mol. The molecule has 0 fully saturated rings. The standard InChI is InChI=1S/C15H12O5/c1-18-14(17)10-7-11(16)13-12(8-10)19-15(20-13)9-5-3-2-4-6-9/h2-8,15-16H,1H3. The summed E-state index contributed by atoms with van der Waals surface area (Å²) < 4.78 is 15.8. The second-order valence-electron chi connectivity index (χ2n) is 4.29. The third-order valence-electron chi connectivity index (χ3n) is 2.99. The van der Waals surface area contributed by atoms with Gasteiger partial charge in [0.2, 0.25) is 5.75 Å². The molecule has 1 heterocycles. The third-order valence-corrected chi connectivity index (χ3v) is 2.99. The maximum Gasteiger partial charge on any atom is 0.338 e. The Bertz CT molecular complexity index is 651. The minimum atomic E-state index is -0.634. The SMILES string of the molecule is COC(=O)c1cc(O)c2c(c1)OC(c1ccccc1)O2. The highest BCUT2D eigenvalue weighted by Gasteiger charge is 2.30. The molecular formula is C15H12O5. The molecule has 5 nitrogen and oxygen atoms in total. The highest BCUT2D eigenvalue weighted by Crippen LogP contribution is 2.46. The second kappa shape index (κ2) is 4.77. The summed E-state index contributed by atoms with van der Waals surface area (Å²) >= 11 is 0. The smallest absolute Gasteiger partial charge is 0.338 e. The second-order valence-corrected chi connectivity index (χ2v) is 4.29. The van der Waals surface area contributed by atoms with Crippen LogP contribution in [0.4, 0.5) is 0 Å². The summed E-state index contributed by atoms with van der Waals surface area (Å²) in [6, 6.07) is 12.1. The number of benzene rings is 2. The van der Waals surface area contributed by atoms with Crippen LogP contribution in [0.15, 0.2) is 42.5 Å². The van der Waals surface area contributed by atoms with Crippen molar-refractivity contribution >= 4 is 5.97 Å². The number of aromatic hydroxyl groups is 1. The van der Waals surface area contributed by atoms with Gasteiger partial charge < -0.3 is 19.3 Å². The molecule has 5 heteroatoms. The van der Waals surface area contributed by atoms with Crippen LogP contribution in [0.25, 0.3) is 0 Å². The number of ether oxygens (including phenoxy) is 3. The van der Waals surface area contributed by atoms with Gasteiger partial charge in [-0.15, -0.1) is 0 Å². The topological polar surface area (TPSA) is 65.0 Å². The van der Waals surface area contributed by atoms with Crippen LogP contribution in [-0.4, -0.2) is 18.2 Å². The Hall–Kier alpha value is -2.69. The van der Waals surface area contributed by atoms with E-state index in [1.54, 1.807) is 0 Å². The van der Waals surface area contributed by atoms with Crippen molar-refractivity contribution in [3.8, 4) is 17.2 Å². The molecule has 0 radical (unpaired) electrons. The first-order valence-electron chi connectivity index (χ1n) is 6.02. The lowest BCUT2D eigenvalue weighted by Gasteiger charge is -2.09. The number of carbonyl (C=O) groups is 1. The van der Waals surface area contributed by atoms with Gasteiger partial charge in [0.25, 0.3) is 6.29 Å². The molecule has 0 bridgehead atoms. The van der Waals surface area contributed by atoms with Crippen molar-refractivity contribution in [2.45, 2.75) is 6.29 Å². The van der Waals surface area contributed by atoms with Crippen LogP contribution in [0.1, 0.15) is 22.2 Å². The van der Waals surface area contributed by atoms with Crippen LogP contribution in [-0.2, 0) is 4.74 Å². The van der Waals surface area contributed by atoms with Gasteiger partial charge in [-0.3, -0.25) is 0 Å². The monoisotopic (exact) mass is 272 g/mol. The number of methoxy groups -OCH3 is 1. The number of hydrogen-bond donors (Lipinski definition) is 1. The molecule has 1 atom stereocenters. The average molecular weight is 272 g/mol. The molecule has 0 aromatic heterocycles. The summed E-state index contributed by atoms with van der Waals surface area (Å²) in [5.41, 5.74) is 1.03. The molecule has 20 heavy (non-hydrogen) atoms. The Morgan fingerprint density at radius 1 is 1.20 bits per heavy atom. The van der Waals surface area contributed by atoms with E-state index in [0.717, 1.165) is 5.56 Å². The Labute approximate surface area is 115 Å². The zero-order valence-corrected chi connectivity index (χ0v) is 10.7. The summed E-state index contributed by atoms with van der Waals surface area (Å²) in [4.78, 5) is 11.5. The van der Waals surface area contributed by atoms with Gasteiger partial charge in [-0.05, 0) is 12.1 Å². The quantitative estimate of drug-likeness (QED) is 0.851. The van der Waals surface area contributed by atoms with Gasteiger partial charge in [0.05, 0.1) is 12.7 Å². The van der Waals surface area contributed by atoms with E-state index >= 15 is 0 Å². The fourth-order valence-corrected chi connectivity index (χ4v) is 2.02. The first kappa shape index (κ1) is 12.3. The number of phenols is 1. The average Bonchev–Trinajstić information content (AvgIpc) is 2.92. The summed E-state index contributed by atoms with van der Waals surface area (Å²) in [5.74, 6) is -0.151. The lowest BCUT2D eigenvalue weighted by atomic mass is 10.2. The molecule has 0 amide bonds. The van der Waals surface area contributed by atoms with Gasteiger partial charge in [-0.1, -0.05) is 30.3 Å². The molecule has 0 saturated carbocycles. The van der Waals surface area contributed by atoms with Gasteiger partial charge in [0.1, 0.15) is 0 Å². The van der Waals surface area contributed by atoms with Gasteiger partial charge in [-0.25, -0.2) is 4.79 Å². The predicted octanol–water partition coefficient (Wildman–Crippen LogP) is 2.65. The van der Waals surface area contributed by atoms with E-state index in [2.05, 4.69) is 4.74 Å². The molecule has 0 saturated heterocycles. The van der Waals surface area contributed by atoms with Gasteiger partial charge in [0.15, 0.2) is 11.5 Å². The summed E-state index contributed by atoms with van der Waals surface area (Å²) in [6.45, 7) is 0. The Morgan fingerprint density at radius 2 is 1.95 bits per heavy atom. The molecular weight excluding hydrogens is 260 g/mol. The van der Waals surface area contributed by atoms with E-state index in [0.29, 0.717) is 5.75 Å². The molecule has 0 aliphatic carbocycles. The molecule has 3 rings (SSSR count). The molecule has 1 unspecified atom stereocenters. The molecule has 0 spiro atoms. The Morgan fingerprint density at radius 3 is 2.65 bits per heavy atom. The maximum atomic E-state index is 11.5. The van der Waals surface area contributed by atoms with Crippen molar-refractivity contribution in [1.29, 1.82) is 0 Å². The number of fused-ring (bicyclic) bond motifs is 1. The van der Waals surface area contributed by atoms with Crippen LogP contribution >= 0.6 is 0 Å². The van der Waals surface area contributed by atoms with Crippen molar-refractivity contribution in [3.05, 3.63) is 53.6 Å². The highest BCUT2D eigenvalue weighted by molar-refractivity contribution is 5.91. The number of rotatable bonds is 2. The van der Waals surface area contributed by atoms with E-state index < -0.39 is 12.3 Å². The fraction of sp³-hybridized carbons (Fsp3) is 0.133. The summed E-state index contributed by atoms with van der Waals surface area (Å²) in [7, 11) is 1.27. The van der Waals surface area contributed by atoms with Crippen molar-refractivity contribution in [2.75, 3.05) is 7.11 Å². The Kier molecular flexibility index (Phi) is 2.95. The highest BCUT2D eigenvalue weighted by atomic mass is 16.7.